The lowest BCUT2D eigenvalue weighted by molar-refractivity contribution is -0.385. The van der Waals surface area contributed by atoms with Crippen LogP contribution < -0.4 is 4.72 Å². The van der Waals surface area contributed by atoms with Gasteiger partial charge < -0.3 is 0 Å². The standard InChI is InChI=1S/C11H13FN2O5S/c1-7(2)10(15)6-13-20(18,19)11-5-8(14(16)17)3-4-9(11)12/h3-5,7,13H,6H2,1-2H3. The number of hydrogen-bond acceptors (Lipinski definition) is 5. The molecular weight excluding hydrogens is 291 g/mol. The summed E-state index contributed by atoms with van der Waals surface area (Å²) in [7, 11) is -4.33. The first-order chi connectivity index (χ1) is 9.15. The molecule has 1 rings (SSSR count). The van der Waals surface area contributed by atoms with Crippen molar-refractivity contribution in [1.29, 1.82) is 0 Å². The number of sulfonamides is 1. The topological polar surface area (TPSA) is 106 Å². The van der Waals surface area contributed by atoms with Crippen molar-refractivity contribution in [3.63, 3.8) is 0 Å². The predicted octanol–water partition coefficient (Wildman–Crippen LogP) is 1.24. The molecule has 7 nitrogen and oxygen atoms in total. The smallest absolute Gasteiger partial charge is 0.270 e. The summed E-state index contributed by atoms with van der Waals surface area (Å²) in [5, 5.41) is 10.6. The zero-order valence-corrected chi connectivity index (χ0v) is 11.6. The van der Waals surface area contributed by atoms with E-state index in [2.05, 4.69) is 0 Å². The maximum absolute atomic E-state index is 13.5. The zero-order valence-electron chi connectivity index (χ0n) is 10.8. The van der Waals surface area contributed by atoms with Crippen molar-refractivity contribution in [2.24, 2.45) is 5.92 Å². The third-order valence-electron chi connectivity index (χ3n) is 2.50. The van der Waals surface area contributed by atoms with Gasteiger partial charge in [0.1, 0.15) is 16.5 Å². The van der Waals surface area contributed by atoms with Gasteiger partial charge in [-0.2, -0.15) is 0 Å². The molecule has 1 N–H and O–H groups in total. The number of nitro groups is 1. The van der Waals surface area contributed by atoms with Gasteiger partial charge in [0.15, 0.2) is 0 Å². The lowest BCUT2D eigenvalue weighted by Gasteiger charge is -2.08. The first kappa shape index (κ1) is 16.2. The number of carbonyl (C=O) groups is 1. The molecule has 0 atom stereocenters. The highest BCUT2D eigenvalue weighted by Crippen LogP contribution is 2.20. The van der Waals surface area contributed by atoms with E-state index < -0.39 is 37.9 Å². The van der Waals surface area contributed by atoms with E-state index in [0.29, 0.717) is 12.1 Å². The maximum Gasteiger partial charge on any atom is 0.270 e. The zero-order chi connectivity index (χ0) is 15.5. The van der Waals surface area contributed by atoms with Crippen molar-refractivity contribution in [3.8, 4) is 0 Å². The van der Waals surface area contributed by atoms with Crippen molar-refractivity contribution in [3.05, 3.63) is 34.1 Å². The minimum Gasteiger partial charge on any atom is -0.298 e. The van der Waals surface area contributed by atoms with Crippen molar-refractivity contribution < 1.29 is 22.5 Å². The van der Waals surface area contributed by atoms with Crippen LogP contribution in [0.15, 0.2) is 23.1 Å². The number of nitrogens with one attached hydrogen (secondary N) is 1. The molecule has 0 amide bonds. The second kappa shape index (κ2) is 6.06. The highest BCUT2D eigenvalue weighted by atomic mass is 32.2. The van der Waals surface area contributed by atoms with Gasteiger partial charge >= 0.3 is 0 Å². The van der Waals surface area contributed by atoms with Crippen LogP contribution in [0.2, 0.25) is 0 Å². The number of non-ortho nitro benzene ring substituents is 1. The largest absolute Gasteiger partial charge is 0.298 e. The Hall–Kier alpha value is -1.87. The van der Waals surface area contributed by atoms with Gasteiger partial charge in [0.2, 0.25) is 10.0 Å². The molecule has 0 unspecified atom stereocenters. The second-order valence-electron chi connectivity index (χ2n) is 4.32. The molecular formula is C11H13FN2O5S. The van der Waals surface area contributed by atoms with Crippen molar-refractivity contribution in [1.82, 2.24) is 4.72 Å². The SMILES string of the molecule is CC(C)C(=O)CNS(=O)(=O)c1cc([N+](=O)[O-])ccc1F. The summed E-state index contributed by atoms with van der Waals surface area (Å²) < 4.78 is 39.1. The molecule has 0 aromatic heterocycles. The number of nitrogens with zero attached hydrogens (tertiary/aromatic N) is 1. The number of benzene rings is 1. The summed E-state index contributed by atoms with van der Waals surface area (Å²) in [6.45, 7) is 2.68. The summed E-state index contributed by atoms with van der Waals surface area (Å²) in [4.78, 5) is 20.2. The van der Waals surface area contributed by atoms with Gasteiger partial charge in [0, 0.05) is 18.1 Å². The van der Waals surface area contributed by atoms with Gasteiger partial charge in [-0.3, -0.25) is 14.9 Å². The van der Waals surface area contributed by atoms with Crippen molar-refractivity contribution >= 4 is 21.5 Å². The molecule has 0 aliphatic carbocycles. The Morgan fingerprint density at radius 2 is 2.05 bits per heavy atom. The lowest BCUT2D eigenvalue weighted by atomic mass is 10.1. The van der Waals surface area contributed by atoms with Crippen LogP contribution >= 0.6 is 0 Å². The fraction of sp³-hybridized carbons (Fsp3) is 0.364. The molecule has 0 saturated carbocycles. The molecule has 0 bridgehead atoms. The van der Waals surface area contributed by atoms with Gasteiger partial charge in [-0.05, 0) is 6.07 Å². The third kappa shape index (κ3) is 3.81. The molecule has 9 heteroatoms. The van der Waals surface area contributed by atoms with E-state index in [1.165, 1.54) is 0 Å². The highest BCUT2D eigenvalue weighted by molar-refractivity contribution is 7.89. The average molecular weight is 304 g/mol. The van der Waals surface area contributed by atoms with Crippen molar-refractivity contribution in [2.75, 3.05) is 6.54 Å². The number of rotatable bonds is 6. The predicted molar refractivity (Wildman–Crippen MR) is 68.1 cm³/mol. The van der Waals surface area contributed by atoms with Crippen LogP contribution in [0.25, 0.3) is 0 Å². The van der Waals surface area contributed by atoms with Crippen LogP contribution in [0, 0.1) is 21.8 Å². The lowest BCUT2D eigenvalue weighted by Crippen LogP contribution is -2.32. The summed E-state index contributed by atoms with van der Waals surface area (Å²) in [6.07, 6.45) is 0. The molecule has 20 heavy (non-hydrogen) atoms. The van der Waals surface area contributed by atoms with Gasteiger partial charge in [-0.25, -0.2) is 17.5 Å². The van der Waals surface area contributed by atoms with E-state index >= 15 is 0 Å². The van der Waals surface area contributed by atoms with E-state index in [9.17, 15) is 27.7 Å². The van der Waals surface area contributed by atoms with Crippen LogP contribution in [0.1, 0.15) is 13.8 Å². The number of hydrogen-bond donors (Lipinski definition) is 1. The number of Topliss-reactive ketones (excluding diaryl/α,β-unsaturated/α-hetero) is 1. The number of halogens is 1. The van der Waals surface area contributed by atoms with E-state index in [-0.39, 0.29) is 11.7 Å². The Labute approximate surface area is 115 Å². The Bertz CT molecular complexity index is 642. The van der Waals surface area contributed by atoms with E-state index in [1.807, 2.05) is 4.72 Å². The molecule has 0 saturated heterocycles. The Balaban J connectivity index is 3.06. The molecule has 110 valence electrons. The highest BCUT2D eigenvalue weighted by Gasteiger charge is 2.23. The number of ketones is 1. The molecule has 1 aromatic carbocycles. The normalized spacial score (nSPS) is 11.6. The van der Waals surface area contributed by atoms with Gasteiger partial charge in [-0.15, -0.1) is 0 Å². The van der Waals surface area contributed by atoms with Crippen LogP contribution in [-0.2, 0) is 14.8 Å². The first-order valence-corrected chi connectivity index (χ1v) is 7.10. The summed E-state index contributed by atoms with van der Waals surface area (Å²) in [5.41, 5.74) is -0.554. The van der Waals surface area contributed by atoms with Crippen LogP contribution in [0.3, 0.4) is 0 Å². The Morgan fingerprint density at radius 1 is 1.45 bits per heavy atom. The first-order valence-electron chi connectivity index (χ1n) is 5.61. The fourth-order valence-corrected chi connectivity index (χ4v) is 2.35. The number of nitro benzene ring substituents is 1. The van der Waals surface area contributed by atoms with E-state index in [0.717, 1.165) is 6.07 Å². The molecule has 0 radical (unpaired) electrons. The molecule has 0 heterocycles. The monoisotopic (exact) mass is 304 g/mol. The van der Waals surface area contributed by atoms with Crippen LogP contribution in [0.4, 0.5) is 10.1 Å². The van der Waals surface area contributed by atoms with E-state index in [4.69, 9.17) is 0 Å². The van der Waals surface area contributed by atoms with Crippen LogP contribution in [0.5, 0.6) is 0 Å². The Kier molecular flexibility index (Phi) is 4.90. The van der Waals surface area contributed by atoms with Crippen LogP contribution in [-0.4, -0.2) is 25.7 Å². The number of carbonyl (C=O) groups excluding carboxylic acids is 1. The van der Waals surface area contributed by atoms with Gasteiger partial charge in [0.05, 0.1) is 11.5 Å². The van der Waals surface area contributed by atoms with Crippen molar-refractivity contribution in [2.45, 2.75) is 18.7 Å². The minimum atomic E-state index is -4.33. The average Bonchev–Trinajstić information content (AvgIpc) is 2.35. The fourth-order valence-electron chi connectivity index (χ4n) is 1.26. The second-order valence-corrected chi connectivity index (χ2v) is 6.05. The summed E-state index contributed by atoms with van der Waals surface area (Å²) in [5.74, 6) is -1.88. The van der Waals surface area contributed by atoms with E-state index in [1.54, 1.807) is 13.8 Å². The minimum absolute atomic E-state index is 0.376. The molecule has 0 aliphatic rings. The Morgan fingerprint density at radius 3 is 2.55 bits per heavy atom. The molecule has 0 fully saturated rings. The van der Waals surface area contributed by atoms with Gasteiger partial charge in [-0.1, -0.05) is 13.8 Å². The summed E-state index contributed by atoms with van der Waals surface area (Å²) >= 11 is 0. The maximum atomic E-state index is 13.5. The molecule has 0 aliphatic heterocycles. The molecule has 0 spiro atoms. The van der Waals surface area contributed by atoms with Gasteiger partial charge in [0.25, 0.3) is 5.69 Å². The molecule has 1 aromatic rings. The summed E-state index contributed by atoms with van der Waals surface area (Å²) in [6, 6.07) is 2.15. The third-order valence-corrected chi connectivity index (χ3v) is 3.91. The quantitative estimate of drug-likeness (QED) is 0.628.